The summed E-state index contributed by atoms with van der Waals surface area (Å²) in [6.45, 7) is 0.587. The Hall–Kier alpha value is -3.80. The van der Waals surface area contributed by atoms with E-state index in [4.69, 9.17) is 19.4 Å². The fraction of sp³-hybridized carbons (Fsp3) is 0.0233. The Morgan fingerprint density at radius 3 is 1.22 bits per heavy atom. The Kier molecular flexibility index (Phi) is 16.1. The molecule has 7 aromatic rings. The van der Waals surface area contributed by atoms with Crippen LogP contribution < -0.4 is 31.8 Å². The minimum Gasteiger partial charge on any atom is -0.0622 e. The zero-order valence-corrected chi connectivity index (χ0v) is 32.3. The number of aromatic nitrogens is 1. The predicted molar refractivity (Wildman–Crippen MR) is 218 cm³/mol. The molecule has 50 heavy (non-hydrogen) atoms. The van der Waals surface area contributed by atoms with Crippen LogP contribution in [0.25, 0.3) is 0 Å². The van der Waals surface area contributed by atoms with E-state index in [9.17, 15) is 0 Å². The number of pyridine rings is 1. The Labute approximate surface area is 314 Å². The molecule has 0 N–H and O–H groups in total. The van der Waals surface area contributed by atoms with E-state index in [2.05, 4.69) is 186 Å². The van der Waals surface area contributed by atoms with Crippen LogP contribution in [0.3, 0.4) is 0 Å². The minimum absolute atomic E-state index is 0.346. The maximum atomic E-state index is 4.85. The third kappa shape index (κ3) is 11.4. The van der Waals surface area contributed by atoms with Gasteiger partial charge in [0, 0.05) is 18.0 Å². The Morgan fingerprint density at radius 1 is 0.460 bits per heavy atom. The van der Waals surface area contributed by atoms with Gasteiger partial charge in [0.1, 0.15) is 0 Å². The number of aliphatic imine (C=N–C) groups is 1. The van der Waals surface area contributed by atoms with Gasteiger partial charge in [0.25, 0.3) is 0 Å². The van der Waals surface area contributed by atoms with Crippen LogP contribution in [0.1, 0.15) is 11.3 Å². The van der Waals surface area contributed by atoms with E-state index in [-0.39, 0.29) is 15.1 Å². The van der Waals surface area contributed by atoms with Crippen molar-refractivity contribution < 1.29 is 15.1 Å². The van der Waals surface area contributed by atoms with Crippen molar-refractivity contribution in [1.82, 2.24) is 4.98 Å². The third-order valence-corrected chi connectivity index (χ3v) is 12.4. The Morgan fingerprint density at radius 2 is 0.820 bits per heavy atom. The van der Waals surface area contributed by atoms with E-state index in [1.807, 2.05) is 30.6 Å². The maximum Gasteiger partial charge on any atom is -0.0134 e. The van der Waals surface area contributed by atoms with Crippen molar-refractivity contribution in [3.63, 3.8) is 0 Å². The van der Waals surface area contributed by atoms with Crippen LogP contribution >= 0.6 is 35.2 Å². The second-order valence-corrected chi connectivity index (χ2v) is 17.8. The summed E-state index contributed by atoms with van der Waals surface area (Å²) in [7, 11) is 8.62. The summed E-state index contributed by atoms with van der Waals surface area (Å²) in [5.74, 6) is 0. The van der Waals surface area contributed by atoms with Gasteiger partial charge in [0.05, 0.1) is 12.2 Å². The second-order valence-electron chi connectivity index (χ2n) is 10.7. The number of halogens is 2. The van der Waals surface area contributed by atoms with Crippen molar-refractivity contribution in [2.24, 2.45) is 4.99 Å². The largest absolute Gasteiger partial charge is 0.0622 e. The molecule has 6 aromatic carbocycles. The van der Waals surface area contributed by atoms with E-state index >= 15 is 0 Å². The number of hydrogen-bond acceptors (Lipinski definition) is 2. The molecular weight excluding hydrogens is 778 g/mol. The molecule has 0 aliphatic carbocycles. The van der Waals surface area contributed by atoms with E-state index in [0.29, 0.717) is 6.54 Å². The molecule has 1 aromatic heterocycles. The standard InChI is InChI=1S/C25H21N2P.C18H15P.2ClH.Ru/c1-3-13-23(14-4-1)28(24-15-5-2-6-16-24)25-17-8-7-11-21(25)19-26-20-22-12-9-10-18-27-22;1-4-10-16(11-5-1)19(17-12-6-2-7-13-17)18-14-8-3-9-15-18;;;/h1-19H,20H2;1-15H;2*1H;/q;;;;+2/p-2. The van der Waals surface area contributed by atoms with Gasteiger partial charge in [-0.2, -0.15) is 0 Å². The molecule has 2 nitrogen and oxygen atoms in total. The first-order valence-corrected chi connectivity index (χ1v) is 23.1. The molecule has 0 unspecified atom stereocenters. The monoisotopic (exact) mass is 814 g/mol. The molecule has 0 bridgehead atoms. The fourth-order valence-corrected chi connectivity index (χ4v) is 10.0. The quantitative estimate of drug-likeness (QED) is 0.0811. The number of benzene rings is 6. The van der Waals surface area contributed by atoms with Gasteiger partial charge in [-0.05, 0) is 59.8 Å². The van der Waals surface area contributed by atoms with Crippen LogP contribution in [0.4, 0.5) is 0 Å². The molecule has 0 saturated carbocycles. The number of nitrogens with zero attached hydrogens (tertiary/aromatic N) is 2. The summed E-state index contributed by atoms with van der Waals surface area (Å²) >= 11 is -0.346. The first kappa shape index (κ1) is 37.5. The Bertz CT molecular complexity index is 1840. The zero-order chi connectivity index (χ0) is 34.6. The van der Waals surface area contributed by atoms with Crippen molar-refractivity contribution in [3.8, 4) is 0 Å². The molecule has 0 aliphatic rings. The Balaban J connectivity index is 0.000000192. The third-order valence-electron chi connectivity index (χ3n) is 7.46. The smallest absolute Gasteiger partial charge is 0.0134 e. The zero-order valence-electron chi connectivity index (χ0n) is 27.2. The van der Waals surface area contributed by atoms with Crippen LogP contribution in [0.15, 0.2) is 205 Å². The SMILES string of the molecule is C(=NCc1ccccn1)c1ccccc1P(c1ccccc1)c1ccccc1.[Cl][Ru][Cl].c1ccc(P(c2ccccc2)c2ccccc2)cc1. The van der Waals surface area contributed by atoms with E-state index in [0.717, 1.165) is 11.3 Å². The summed E-state index contributed by atoms with van der Waals surface area (Å²) in [5.41, 5.74) is 2.14. The van der Waals surface area contributed by atoms with Gasteiger partial charge in [-0.1, -0.05) is 182 Å². The molecule has 250 valence electrons. The van der Waals surface area contributed by atoms with Crippen LogP contribution in [0, 0.1) is 0 Å². The fourth-order valence-electron chi connectivity index (χ4n) is 5.29. The van der Waals surface area contributed by atoms with E-state index in [1.54, 1.807) is 0 Å². The topological polar surface area (TPSA) is 25.2 Å². The molecule has 0 atom stereocenters. The van der Waals surface area contributed by atoms with Gasteiger partial charge < -0.3 is 0 Å². The van der Waals surface area contributed by atoms with Gasteiger partial charge in [-0.25, -0.2) is 0 Å². The van der Waals surface area contributed by atoms with Crippen molar-refractivity contribution in [1.29, 1.82) is 0 Å². The summed E-state index contributed by atoms with van der Waals surface area (Å²) in [4.78, 5) is 9.02. The van der Waals surface area contributed by atoms with Crippen LogP contribution in [-0.4, -0.2) is 11.2 Å². The van der Waals surface area contributed by atoms with Gasteiger partial charge in [0.2, 0.25) is 0 Å². The predicted octanol–water partition coefficient (Wildman–Crippen LogP) is 9.28. The minimum atomic E-state index is -0.644. The van der Waals surface area contributed by atoms with Crippen LogP contribution in [0.2, 0.25) is 0 Å². The molecule has 1 heterocycles. The summed E-state index contributed by atoms with van der Waals surface area (Å²) in [6.07, 6.45) is 3.80. The molecule has 7 rings (SSSR count). The maximum absolute atomic E-state index is 4.85. The first-order valence-electron chi connectivity index (χ1n) is 16.0. The van der Waals surface area contributed by atoms with Gasteiger partial charge >= 0.3 is 34.5 Å². The van der Waals surface area contributed by atoms with Crippen molar-refractivity contribution in [2.45, 2.75) is 6.54 Å². The van der Waals surface area contributed by atoms with Crippen LogP contribution in [-0.2, 0) is 21.7 Å². The molecule has 0 fully saturated rings. The van der Waals surface area contributed by atoms with Gasteiger partial charge in [-0.3, -0.25) is 9.98 Å². The van der Waals surface area contributed by atoms with E-state index < -0.39 is 15.8 Å². The summed E-state index contributed by atoms with van der Waals surface area (Å²) < 4.78 is 0. The molecule has 0 saturated heterocycles. The normalized spacial score (nSPS) is 10.7. The van der Waals surface area contributed by atoms with Crippen LogP contribution in [0.5, 0.6) is 0 Å². The molecule has 0 radical (unpaired) electrons. The van der Waals surface area contributed by atoms with Crippen molar-refractivity contribution >= 4 is 73.3 Å². The second kappa shape index (κ2) is 21.4. The number of rotatable bonds is 9. The molecule has 0 spiro atoms. The molecule has 0 amide bonds. The average molecular weight is 815 g/mol. The van der Waals surface area contributed by atoms with Crippen molar-refractivity contribution in [2.75, 3.05) is 0 Å². The van der Waals surface area contributed by atoms with Gasteiger partial charge in [-0.15, -0.1) is 0 Å². The van der Waals surface area contributed by atoms with E-state index in [1.165, 1.54) is 31.8 Å². The number of hydrogen-bond donors (Lipinski definition) is 0. The average Bonchev–Trinajstić information content (AvgIpc) is 3.19. The van der Waals surface area contributed by atoms with Crippen molar-refractivity contribution in [3.05, 3.63) is 212 Å². The first-order chi connectivity index (χ1) is 24.8. The summed E-state index contributed by atoms with van der Waals surface area (Å²) in [5, 5.41) is 8.20. The molecule has 0 aliphatic heterocycles. The molecular formula is C43H36Cl2N2P2Ru. The van der Waals surface area contributed by atoms with Gasteiger partial charge in [0.15, 0.2) is 0 Å². The summed E-state index contributed by atoms with van der Waals surface area (Å²) in [6, 6.07) is 68.3. The molecule has 7 heteroatoms.